The molecule has 0 aliphatic heterocycles. The van der Waals surface area contributed by atoms with Crippen LogP contribution in [0.5, 0.6) is 0 Å². The third kappa shape index (κ3) is 6.65. The predicted molar refractivity (Wildman–Crippen MR) is 111 cm³/mol. The van der Waals surface area contributed by atoms with Crippen LogP contribution in [0.2, 0.25) is 0 Å². The Balaban J connectivity index is 2.05. The molecule has 0 amide bonds. The Bertz CT molecular complexity index is 654. The van der Waals surface area contributed by atoms with Crippen molar-refractivity contribution in [1.29, 1.82) is 0 Å². The smallest absolute Gasteiger partial charge is 0.311 e. The number of carboxylic acid groups (broad SMARTS) is 1. The summed E-state index contributed by atoms with van der Waals surface area (Å²) < 4.78 is 5.84. The zero-order chi connectivity index (χ0) is 22.4. The molecule has 2 aliphatic rings. The zero-order valence-electron chi connectivity index (χ0n) is 18.1. The number of rotatable bonds is 10. The van der Waals surface area contributed by atoms with Gasteiger partial charge in [0.05, 0.1) is 30.7 Å². The quantitative estimate of drug-likeness (QED) is 0.397. The zero-order valence-corrected chi connectivity index (χ0v) is 18.1. The number of hydrogen-bond donors (Lipinski definition) is 4. The van der Waals surface area contributed by atoms with E-state index in [0.717, 1.165) is 18.4 Å². The van der Waals surface area contributed by atoms with Crippen LogP contribution in [0.15, 0.2) is 23.8 Å². The van der Waals surface area contributed by atoms with Gasteiger partial charge in [-0.25, -0.2) is 0 Å². The second kappa shape index (κ2) is 11.1. The van der Waals surface area contributed by atoms with Crippen LogP contribution >= 0.6 is 0 Å². The van der Waals surface area contributed by atoms with E-state index >= 15 is 0 Å². The summed E-state index contributed by atoms with van der Waals surface area (Å²) in [6, 6.07) is 0. The molecular weight excluding hydrogens is 388 g/mol. The number of aliphatic hydroxyl groups excluding tert-OH is 3. The largest absolute Gasteiger partial charge is 0.481 e. The normalized spacial score (nSPS) is 29.9. The highest BCUT2D eigenvalue weighted by Crippen LogP contribution is 2.44. The minimum Gasteiger partial charge on any atom is -0.481 e. The fourth-order valence-electron chi connectivity index (χ4n) is 4.51. The molecule has 0 spiro atoms. The highest BCUT2D eigenvalue weighted by atomic mass is 16.5. The molecule has 0 saturated carbocycles. The Hall–Kier alpha value is -1.70. The van der Waals surface area contributed by atoms with E-state index in [0.29, 0.717) is 12.8 Å². The SMILES string of the molecule is CC(O)[C@H](C)C(=O)O[C@H]1CCC=C2C=C[C@H](C)[C@H](CC[C@@H](O)C[C@@H](O)CC(=O)O)[C@H]21. The highest BCUT2D eigenvalue weighted by molar-refractivity contribution is 5.73. The molecular formula is C23H36O7. The minimum absolute atomic E-state index is 0.0278. The molecule has 0 aromatic heterocycles. The summed E-state index contributed by atoms with van der Waals surface area (Å²) in [5, 5.41) is 38.5. The average Bonchev–Trinajstić information content (AvgIpc) is 2.65. The second-order valence-electron chi connectivity index (χ2n) is 8.91. The summed E-state index contributed by atoms with van der Waals surface area (Å²) in [5.74, 6) is -1.65. The van der Waals surface area contributed by atoms with Crippen LogP contribution in [0.1, 0.15) is 59.3 Å². The topological polar surface area (TPSA) is 124 Å². The van der Waals surface area contributed by atoms with Gasteiger partial charge >= 0.3 is 11.9 Å². The number of carboxylic acids is 1. The maximum Gasteiger partial charge on any atom is 0.311 e. The van der Waals surface area contributed by atoms with Crippen molar-refractivity contribution in [2.45, 2.75) is 83.7 Å². The van der Waals surface area contributed by atoms with Gasteiger partial charge in [-0.05, 0) is 63.4 Å². The number of hydrogen-bond acceptors (Lipinski definition) is 6. The second-order valence-corrected chi connectivity index (χ2v) is 8.91. The fourth-order valence-corrected chi connectivity index (χ4v) is 4.51. The number of aliphatic hydroxyl groups is 3. The lowest BCUT2D eigenvalue weighted by atomic mass is 9.66. The Morgan fingerprint density at radius 2 is 1.90 bits per heavy atom. The van der Waals surface area contributed by atoms with Crippen LogP contribution in [0.25, 0.3) is 0 Å². The van der Waals surface area contributed by atoms with Crippen molar-refractivity contribution in [2.24, 2.45) is 23.7 Å². The van der Waals surface area contributed by atoms with Crippen molar-refractivity contribution in [3.8, 4) is 0 Å². The van der Waals surface area contributed by atoms with E-state index in [2.05, 4.69) is 25.2 Å². The van der Waals surface area contributed by atoms with Crippen molar-refractivity contribution in [3.63, 3.8) is 0 Å². The monoisotopic (exact) mass is 424 g/mol. The lowest BCUT2D eigenvalue weighted by molar-refractivity contribution is -0.161. The highest BCUT2D eigenvalue weighted by Gasteiger charge is 2.40. The number of allylic oxidation sites excluding steroid dienone is 3. The first-order valence-electron chi connectivity index (χ1n) is 10.9. The first-order valence-corrected chi connectivity index (χ1v) is 10.9. The van der Waals surface area contributed by atoms with Crippen molar-refractivity contribution >= 4 is 11.9 Å². The molecule has 2 aliphatic carbocycles. The molecule has 0 aromatic carbocycles. The van der Waals surface area contributed by atoms with Crippen molar-refractivity contribution < 1.29 is 34.8 Å². The van der Waals surface area contributed by atoms with Crippen LogP contribution in [0, 0.1) is 23.7 Å². The third-order valence-electron chi connectivity index (χ3n) is 6.50. The Kier molecular flexibility index (Phi) is 9.07. The summed E-state index contributed by atoms with van der Waals surface area (Å²) in [7, 11) is 0. The number of ether oxygens (including phenoxy) is 1. The minimum atomic E-state index is -1.09. The molecule has 170 valence electrons. The summed E-state index contributed by atoms with van der Waals surface area (Å²) in [6.45, 7) is 5.34. The number of aliphatic carboxylic acids is 1. The molecule has 4 N–H and O–H groups in total. The lowest BCUT2D eigenvalue weighted by Gasteiger charge is -2.42. The molecule has 1 unspecified atom stereocenters. The van der Waals surface area contributed by atoms with E-state index < -0.39 is 36.2 Å². The Morgan fingerprint density at radius 3 is 2.53 bits per heavy atom. The van der Waals surface area contributed by atoms with E-state index in [9.17, 15) is 24.9 Å². The molecule has 7 heteroatoms. The molecule has 0 fully saturated rings. The van der Waals surface area contributed by atoms with Crippen LogP contribution in [0.4, 0.5) is 0 Å². The van der Waals surface area contributed by atoms with Gasteiger partial charge in [0.15, 0.2) is 0 Å². The van der Waals surface area contributed by atoms with E-state index in [-0.39, 0.29) is 36.7 Å². The molecule has 8 atom stereocenters. The summed E-state index contributed by atoms with van der Waals surface area (Å²) in [5.41, 5.74) is 1.15. The van der Waals surface area contributed by atoms with E-state index in [1.165, 1.54) is 0 Å². The van der Waals surface area contributed by atoms with Gasteiger partial charge in [-0.1, -0.05) is 25.2 Å². The van der Waals surface area contributed by atoms with Gasteiger partial charge in [-0.15, -0.1) is 0 Å². The van der Waals surface area contributed by atoms with E-state index in [1.54, 1.807) is 13.8 Å². The standard InChI is InChI=1S/C23H36O7/c1-13-7-8-16-5-4-6-20(30-23(29)14(2)15(3)24)22(16)19(13)10-9-17(25)11-18(26)12-21(27)28/h5,7-8,13-15,17-20,22,24-26H,4,6,9-12H2,1-3H3,(H,27,28)/t13-,14-,15?,17+,18+,19-,20-,22-/m0/s1. The summed E-state index contributed by atoms with van der Waals surface area (Å²) in [6.07, 6.45) is 5.82. The van der Waals surface area contributed by atoms with Gasteiger partial charge in [-0.3, -0.25) is 9.59 Å². The van der Waals surface area contributed by atoms with Gasteiger partial charge in [0.25, 0.3) is 0 Å². The fraction of sp³-hybridized carbons (Fsp3) is 0.739. The molecule has 0 saturated heterocycles. The van der Waals surface area contributed by atoms with Crippen LogP contribution < -0.4 is 0 Å². The third-order valence-corrected chi connectivity index (χ3v) is 6.50. The molecule has 0 radical (unpaired) electrons. The molecule has 2 rings (SSSR count). The molecule has 30 heavy (non-hydrogen) atoms. The van der Waals surface area contributed by atoms with E-state index in [1.807, 2.05) is 0 Å². The van der Waals surface area contributed by atoms with Gasteiger partial charge in [-0.2, -0.15) is 0 Å². The maximum absolute atomic E-state index is 12.5. The number of carbonyl (C=O) groups is 2. The maximum atomic E-state index is 12.5. The van der Waals surface area contributed by atoms with Crippen LogP contribution in [-0.4, -0.2) is 56.8 Å². The Labute approximate surface area is 178 Å². The predicted octanol–water partition coefficient (Wildman–Crippen LogP) is 2.44. The average molecular weight is 425 g/mol. The molecule has 0 heterocycles. The summed E-state index contributed by atoms with van der Waals surface area (Å²) in [4.78, 5) is 23.2. The van der Waals surface area contributed by atoms with E-state index in [4.69, 9.17) is 9.84 Å². The summed E-state index contributed by atoms with van der Waals surface area (Å²) >= 11 is 0. The lowest BCUT2D eigenvalue weighted by Crippen LogP contribution is -2.41. The number of fused-ring (bicyclic) bond motifs is 1. The molecule has 0 aromatic rings. The molecule has 7 nitrogen and oxygen atoms in total. The van der Waals surface area contributed by atoms with Gasteiger partial charge in [0, 0.05) is 5.92 Å². The van der Waals surface area contributed by atoms with Gasteiger partial charge in [0.1, 0.15) is 6.10 Å². The Morgan fingerprint density at radius 1 is 1.20 bits per heavy atom. The van der Waals surface area contributed by atoms with Crippen LogP contribution in [-0.2, 0) is 14.3 Å². The van der Waals surface area contributed by atoms with Crippen molar-refractivity contribution in [2.75, 3.05) is 0 Å². The molecule has 0 bridgehead atoms. The number of esters is 1. The van der Waals surface area contributed by atoms with Crippen molar-refractivity contribution in [1.82, 2.24) is 0 Å². The number of carbonyl (C=O) groups excluding carboxylic acids is 1. The van der Waals surface area contributed by atoms with Crippen molar-refractivity contribution in [3.05, 3.63) is 23.8 Å². The first-order chi connectivity index (χ1) is 14.1. The van der Waals surface area contributed by atoms with Gasteiger partial charge in [0.2, 0.25) is 0 Å². The van der Waals surface area contributed by atoms with Gasteiger partial charge < -0.3 is 25.2 Å². The first kappa shape index (κ1) is 24.6. The van der Waals surface area contributed by atoms with Crippen LogP contribution in [0.3, 0.4) is 0 Å².